The molecule has 11 heteroatoms. The van der Waals surface area contributed by atoms with E-state index in [1.165, 1.54) is 6.92 Å². The van der Waals surface area contributed by atoms with Gasteiger partial charge in [-0.05, 0) is 6.92 Å². The summed E-state index contributed by atoms with van der Waals surface area (Å²) in [6, 6.07) is 0.273. The molecular weight excluding hydrogens is 324 g/mol. The predicted octanol–water partition coefficient (Wildman–Crippen LogP) is 3.18. The van der Waals surface area contributed by atoms with Crippen LogP contribution in [0.1, 0.15) is 23.1 Å². The maximum atomic E-state index is 12.8. The number of aromatic nitrogens is 1. The molecule has 0 spiro atoms. The van der Waals surface area contributed by atoms with Gasteiger partial charge in [0, 0.05) is 6.07 Å². The first-order valence-electron chi connectivity index (χ1n) is 5.58. The fourth-order valence-electron chi connectivity index (χ4n) is 1.38. The summed E-state index contributed by atoms with van der Waals surface area (Å²) in [5, 5.41) is 0. The van der Waals surface area contributed by atoms with Gasteiger partial charge in [0.15, 0.2) is 22.9 Å². The molecule has 0 aliphatic carbocycles. The average Bonchev–Trinajstić information content (AvgIpc) is 2.35. The topological polar surface area (TPSA) is 57.7 Å². The van der Waals surface area contributed by atoms with Gasteiger partial charge >= 0.3 is 18.5 Å². The highest BCUT2D eigenvalue weighted by Crippen LogP contribution is 2.40. The minimum absolute atomic E-state index is 0.175. The summed E-state index contributed by atoms with van der Waals surface area (Å²) in [7, 11) is 0.935. The number of esters is 1. The van der Waals surface area contributed by atoms with Gasteiger partial charge in [-0.2, -0.15) is 13.2 Å². The van der Waals surface area contributed by atoms with E-state index in [1.54, 1.807) is 0 Å². The fraction of sp³-hybridized carbons (Fsp3) is 0.455. The summed E-state index contributed by atoms with van der Waals surface area (Å²) in [5.41, 5.74) is -2.93. The van der Waals surface area contributed by atoms with Crippen LogP contribution in [0.25, 0.3) is 0 Å². The normalized spacial score (nSPS) is 12.0. The maximum Gasteiger partial charge on any atom is 0.573 e. The lowest BCUT2D eigenvalue weighted by atomic mass is 10.2. The van der Waals surface area contributed by atoms with Gasteiger partial charge in [-0.25, -0.2) is 9.78 Å². The van der Waals surface area contributed by atoms with Crippen LogP contribution in [0, 0.1) is 0 Å². The van der Waals surface area contributed by atoms with Crippen molar-refractivity contribution in [1.82, 2.24) is 4.98 Å². The van der Waals surface area contributed by atoms with Gasteiger partial charge in [0.05, 0.1) is 13.7 Å². The molecule has 0 aliphatic rings. The number of alkyl halides is 6. The summed E-state index contributed by atoms with van der Waals surface area (Å²) in [4.78, 5) is 14.4. The van der Waals surface area contributed by atoms with Crippen molar-refractivity contribution in [1.29, 1.82) is 0 Å². The number of pyridine rings is 1. The van der Waals surface area contributed by atoms with Crippen molar-refractivity contribution < 1.29 is 45.3 Å². The number of carbonyl (C=O) groups is 1. The molecule has 0 atom stereocenters. The molecule has 1 aromatic rings. The Labute approximate surface area is 119 Å². The minimum atomic E-state index is -5.38. The third-order valence-corrected chi connectivity index (χ3v) is 2.14. The first-order chi connectivity index (χ1) is 9.99. The Morgan fingerprint density at radius 2 is 1.77 bits per heavy atom. The van der Waals surface area contributed by atoms with Crippen LogP contribution < -0.4 is 9.47 Å². The van der Waals surface area contributed by atoms with Gasteiger partial charge in [0.1, 0.15) is 0 Å². The highest BCUT2D eigenvalue weighted by atomic mass is 19.4. The number of ether oxygens (including phenoxy) is 3. The van der Waals surface area contributed by atoms with E-state index >= 15 is 0 Å². The smallest absolute Gasteiger partial charge is 0.494 e. The average molecular weight is 333 g/mol. The van der Waals surface area contributed by atoms with E-state index in [1.807, 2.05) is 0 Å². The van der Waals surface area contributed by atoms with E-state index in [0.717, 1.165) is 7.11 Å². The number of nitrogens with zero attached hydrogens (tertiary/aromatic N) is 1. The lowest BCUT2D eigenvalue weighted by Gasteiger charge is -2.17. The number of carbonyl (C=O) groups excluding carboxylic acids is 1. The molecule has 0 radical (unpaired) electrons. The lowest BCUT2D eigenvalue weighted by Crippen LogP contribution is -2.22. The molecule has 5 nitrogen and oxygen atoms in total. The quantitative estimate of drug-likeness (QED) is 0.626. The summed E-state index contributed by atoms with van der Waals surface area (Å²) < 4.78 is 87.2. The summed E-state index contributed by atoms with van der Waals surface area (Å²) in [5.74, 6) is -3.56. The van der Waals surface area contributed by atoms with Crippen LogP contribution >= 0.6 is 0 Å². The third kappa shape index (κ3) is 4.40. The van der Waals surface area contributed by atoms with Crippen LogP contribution in [-0.2, 0) is 10.9 Å². The summed E-state index contributed by atoms with van der Waals surface area (Å²) >= 11 is 0. The molecule has 0 fully saturated rings. The van der Waals surface area contributed by atoms with Crippen LogP contribution in [0.15, 0.2) is 6.07 Å². The SMILES string of the molecule is CCOC(=O)c1nc(C(F)(F)F)c(OC(F)(F)F)cc1OC. The second-order valence-corrected chi connectivity index (χ2v) is 3.65. The van der Waals surface area contributed by atoms with Crippen molar-refractivity contribution in [3.63, 3.8) is 0 Å². The Bertz CT molecular complexity index is 555. The Kier molecular flexibility index (Phi) is 5.09. The highest BCUT2D eigenvalue weighted by molar-refractivity contribution is 5.90. The molecule has 22 heavy (non-hydrogen) atoms. The van der Waals surface area contributed by atoms with Gasteiger partial charge in [-0.1, -0.05) is 0 Å². The molecule has 0 saturated carbocycles. The number of hydrogen-bond donors (Lipinski definition) is 0. The molecule has 0 bridgehead atoms. The largest absolute Gasteiger partial charge is 0.573 e. The molecule has 0 aliphatic heterocycles. The third-order valence-electron chi connectivity index (χ3n) is 2.14. The van der Waals surface area contributed by atoms with Crippen molar-refractivity contribution in [2.24, 2.45) is 0 Å². The van der Waals surface area contributed by atoms with Gasteiger partial charge in [-0.15, -0.1) is 13.2 Å². The zero-order chi connectivity index (χ0) is 17.1. The first-order valence-corrected chi connectivity index (χ1v) is 5.58. The molecule has 0 N–H and O–H groups in total. The standard InChI is InChI=1S/C11H9F6NO4/c1-3-21-9(19)7-5(20-2)4-6(22-11(15,16)17)8(18-7)10(12,13)14/h4H,3H2,1-2H3. The van der Waals surface area contributed by atoms with E-state index in [-0.39, 0.29) is 12.7 Å². The second kappa shape index (κ2) is 6.28. The molecule has 1 rings (SSSR count). The number of methoxy groups -OCH3 is 1. The van der Waals surface area contributed by atoms with E-state index in [2.05, 4.69) is 19.2 Å². The number of rotatable bonds is 4. The molecule has 0 aromatic carbocycles. The first kappa shape index (κ1) is 17.9. The summed E-state index contributed by atoms with van der Waals surface area (Å²) in [6.07, 6.45) is -10.7. The Hall–Kier alpha value is -2.20. The molecule has 0 amide bonds. The Morgan fingerprint density at radius 3 is 2.18 bits per heavy atom. The van der Waals surface area contributed by atoms with Crippen molar-refractivity contribution in [2.45, 2.75) is 19.5 Å². The van der Waals surface area contributed by atoms with Gasteiger partial charge < -0.3 is 14.2 Å². The van der Waals surface area contributed by atoms with Crippen LogP contribution in [0.2, 0.25) is 0 Å². The minimum Gasteiger partial charge on any atom is -0.494 e. The van der Waals surface area contributed by atoms with Crippen molar-refractivity contribution in [3.8, 4) is 11.5 Å². The van der Waals surface area contributed by atoms with Crippen LogP contribution in [-0.4, -0.2) is 31.0 Å². The summed E-state index contributed by atoms with van der Waals surface area (Å²) in [6.45, 7) is 1.21. The maximum absolute atomic E-state index is 12.8. The zero-order valence-electron chi connectivity index (χ0n) is 11.1. The van der Waals surface area contributed by atoms with Crippen molar-refractivity contribution in [2.75, 3.05) is 13.7 Å². The molecule has 0 unspecified atom stereocenters. The molecule has 1 aromatic heterocycles. The lowest BCUT2D eigenvalue weighted by molar-refractivity contribution is -0.276. The predicted molar refractivity (Wildman–Crippen MR) is 58.4 cm³/mol. The van der Waals surface area contributed by atoms with Gasteiger partial charge in [-0.3, -0.25) is 0 Å². The van der Waals surface area contributed by atoms with Gasteiger partial charge in [0.2, 0.25) is 0 Å². The molecule has 124 valence electrons. The number of halogens is 6. The highest BCUT2D eigenvalue weighted by Gasteiger charge is 2.42. The van der Waals surface area contributed by atoms with Crippen LogP contribution in [0.4, 0.5) is 26.3 Å². The fourth-order valence-corrected chi connectivity index (χ4v) is 1.38. The Morgan fingerprint density at radius 1 is 1.18 bits per heavy atom. The van der Waals surface area contributed by atoms with Gasteiger partial charge in [0.25, 0.3) is 0 Å². The monoisotopic (exact) mass is 333 g/mol. The zero-order valence-corrected chi connectivity index (χ0v) is 11.1. The van der Waals surface area contributed by atoms with Crippen molar-refractivity contribution in [3.05, 3.63) is 17.5 Å². The van der Waals surface area contributed by atoms with Crippen LogP contribution in [0.3, 0.4) is 0 Å². The van der Waals surface area contributed by atoms with E-state index in [0.29, 0.717) is 0 Å². The van der Waals surface area contributed by atoms with Crippen LogP contribution in [0.5, 0.6) is 11.5 Å². The van der Waals surface area contributed by atoms with E-state index in [9.17, 15) is 31.1 Å². The molecule has 1 heterocycles. The Balaban J connectivity index is 3.49. The second-order valence-electron chi connectivity index (χ2n) is 3.65. The van der Waals surface area contributed by atoms with E-state index in [4.69, 9.17) is 0 Å². The number of hydrogen-bond acceptors (Lipinski definition) is 5. The van der Waals surface area contributed by atoms with E-state index < -0.39 is 41.4 Å². The molecular formula is C11H9F6NO4. The molecule has 0 saturated heterocycles. The van der Waals surface area contributed by atoms with Crippen molar-refractivity contribution >= 4 is 5.97 Å².